The highest BCUT2D eigenvalue weighted by Gasteiger charge is 2.11. The van der Waals surface area contributed by atoms with Crippen LogP contribution in [0.3, 0.4) is 0 Å². The molecule has 2 N–H and O–H groups in total. The molecule has 1 unspecified atom stereocenters. The van der Waals surface area contributed by atoms with Crippen LogP contribution >= 0.6 is 0 Å². The summed E-state index contributed by atoms with van der Waals surface area (Å²) in [5.41, 5.74) is 1.26. The van der Waals surface area contributed by atoms with Gasteiger partial charge in [0.25, 0.3) is 0 Å². The maximum atomic E-state index is 11.5. The second-order valence-corrected chi connectivity index (χ2v) is 4.44. The van der Waals surface area contributed by atoms with E-state index in [-0.39, 0.29) is 11.9 Å². The third-order valence-corrected chi connectivity index (χ3v) is 2.93. The SMILES string of the molecule is CCCCC(NCC(=O)NCC)c1ccccc1. The molecule has 0 aliphatic rings. The molecular formula is C15H24N2O. The molecule has 0 bridgehead atoms. The summed E-state index contributed by atoms with van der Waals surface area (Å²) in [7, 11) is 0. The molecule has 18 heavy (non-hydrogen) atoms. The van der Waals surface area contributed by atoms with Crippen LogP contribution < -0.4 is 10.6 Å². The van der Waals surface area contributed by atoms with Crippen molar-refractivity contribution in [2.24, 2.45) is 0 Å². The fourth-order valence-electron chi connectivity index (χ4n) is 1.96. The third-order valence-electron chi connectivity index (χ3n) is 2.93. The summed E-state index contributed by atoms with van der Waals surface area (Å²) in [4.78, 5) is 11.5. The molecule has 0 fully saturated rings. The molecule has 3 heteroatoms. The van der Waals surface area contributed by atoms with Crippen LogP contribution in [0.2, 0.25) is 0 Å². The fourth-order valence-corrected chi connectivity index (χ4v) is 1.96. The van der Waals surface area contributed by atoms with Gasteiger partial charge in [0.2, 0.25) is 5.91 Å². The first-order valence-electron chi connectivity index (χ1n) is 6.83. The molecule has 100 valence electrons. The zero-order chi connectivity index (χ0) is 13.2. The first-order chi connectivity index (χ1) is 8.77. The number of carbonyl (C=O) groups excluding carboxylic acids is 1. The number of hydrogen-bond donors (Lipinski definition) is 2. The monoisotopic (exact) mass is 248 g/mol. The number of unbranched alkanes of at least 4 members (excludes halogenated alkanes) is 1. The number of likely N-dealkylation sites (N-methyl/N-ethyl adjacent to an activating group) is 1. The summed E-state index contributed by atoms with van der Waals surface area (Å²) in [6.07, 6.45) is 3.41. The minimum atomic E-state index is 0.0647. The molecule has 1 rings (SSSR count). The Labute approximate surface area is 110 Å². The molecule has 1 aromatic rings. The molecule has 0 aliphatic heterocycles. The number of carbonyl (C=O) groups is 1. The maximum absolute atomic E-state index is 11.5. The summed E-state index contributed by atoms with van der Waals surface area (Å²) < 4.78 is 0. The lowest BCUT2D eigenvalue weighted by Crippen LogP contribution is -2.35. The van der Waals surface area contributed by atoms with Gasteiger partial charge in [0.1, 0.15) is 0 Å². The second kappa shape index (κ2) is 8.70. The molecule has 0 saturated carbocycles. The Kier molecular flexibility index (Phi) is 7.11. The van der Waals surface area contributed by atoms with E-state index in [0.717, 1.165) is 6.42 Å². The zero-order valence-corrected chi connectivity index (χ0v) is 11.4. The van der Waals surface area contributed by atoms with Gasteiger partial charge in [0.15, 0.2) is 0 Å². The molecule has 0 heterocycles. The van der Waals surface area contributed by atoms with E-state index >= 15 is 0 Å². The van der Waals surface area contributed by atoms with E-state index in [1.807, 2.05) is 25.1 Å². The number of amides is 1. The minimum absolute atomic E-state index is 0.0647. The zero-order valence-electron chi connectivity index (χ0n) is 11.4. The van der Waals surface area contributed by atoms with Crippen LogP contribution in [0.4, 0.5) is 0 Å². The fraction of sp³-hybridized carbons (Fsp3) is 0.533. The van der Waals surface area contributed by atoms with Crippen molar-refractivity contribution in [1.29, 1.82) is 0 Å². The second-order valence-electron chi connectivity index (χ2n) is 4.44. The molecule has 1 amide bonds. The highest BCUT2D eigenvalue weighted by Crippen LogP contribution is 2.18. The Balaban J connectivity index is 2.53. The van der Waals surface area contributed by atoms with Gasteiger partial charge in [-0.25, -0.2) is 0 Å². The molecule has 3 nitrogen and oxygen atoms in total. The molecule has 1 atom stereocenters. The lowest BCUT2D eigenvalue weighted by molar-refractivity contribution is -0.120. The van der Waals surface area contributed by atoms with Gasteiger partial charge in [-0.15, -0.1) is 0 Å². The lowest BCUT2D eigenvalue weighted by Gasteiger charge is -2.18. The van der Waals surface area contributed by atoms with E-state index in [1.165, 1.54) is 18.4 Å². The largest absolute Gasteiger partial charge is 0.355 e. The predicted octanol–water partition coefficient (Wildman–Crippen LogP) is 2.64. The summed E-state index contributed by atoms with van der Waals surface area (Å²) in [5, 5.41) is 6.15. The topological polar surface area (TPSA) is 41.1 Å². The average Bonchev–Trinajstić information content (AvgIpc) is 2.40. The summed E-state index contributed by atoms with van der Waals surface area (Å²) >= 11 is 0. The van der Waals surface area contributed by atoms with Crippen LogP contribution in [-0.2, 0) is 4.79 Å². The summed E-state index contributed by atoms with van der Waals surface area (Å²) in [6.45, 7) is 5.19. The van der Waals surface area contributed by atoms with Crippen molar-refractivity contribution < 1.29 is 4.79 Å². The number of benzene rings is 1. The summed E-state index contributed by atoms with van der Waals surface area (Å²) in [5.74, 6) is 0.0647. The first-order valence-corrected chi connectivity index (χ1v) is 6.83. The van der Waals surface area contributed by atoms with Crippen LogP contribution in [0.5, 0.6) is 0 Å². The minimum Gasteiger partial charge on any atom is -0.355 e. The molecule has 0 saturated heterocycles. The molecule has 0 spiro atoms. The highest BCUT2D eigenvalue weighted by molar-refractivity contribution is 5.77. The van der Waals surface area contributed by atoms with E-state index < -0.39 is 0 Å². The van der Waals surface area contributed by atoms with Crippen molar-refractivity contribution in [3.8, 4) is 0 Å². The van der Waals surface area contributed by atoms with Crippen molar-refractivity contribution in [3.05, 3.63) is 35.9 Å². The van der Waals surface area contributed by atoms with Crippen molar-refractivity contribution in [1.82, 2.24) is 10.6 Å². The van der Waals surface area contributed by atoms with Crippen LogP contribution in [0, 0.1) is 0 Å². The van der Waals surface area contributed by atoms with Crippen molar-refractivity contribution in [2.45, 2.75) is 39.2 Å². The number of rotatable bonds is 8. The van der Waals surface area contributed by atoms with Gasteiger partial charge in [-0.05, 0) is 18.9 Å². The van der Waals surface area contributed by atoms with E-state index in [1.54, 1.807) is 0 Å². The highest BCUT2D eigenvalue weighted by atomic mass is 16.1. The lowest BCUT2D eigenvalue weighted by atomic mass is 10.0. The summed E-state index contributed by atoms with van der Waals surface area (Å²) in [6, 6.07) is 10.6. The average molecular weight is 248 g/mol. The Hall–Kier alpha value is -1.35. The molecular weight excluding hydrogens is 224 g/mol. The van der Waals surface area contributed by atoms with Crippen molar-refractivity contribution in [3.63, 3.8) is 0 Å². The van der Waals surface area contributed by atoms with Crippen LogP contribution in [0.15, 0.2) is 30.3 Å². The smallest absolute Gasteiger partial charge is 0.233 e. The molecule has 0 radical (unpaired) electrons. The van der Waals surface area contributed by atoms with Gasteiger partial charge in [0, 0.05) is 12.6 Å². The Morgan fingerprint density at radius 2 is 1.94 bits per heavy atom. The van der Waals surface area contributed by atoms with Gasteiger partial charge in [-0.3, -0.25) is 4.79 Å². The number of hydrogen-bond acceptors (Lipinski definition) is 2. The number of nitrogens with one attached hydrogen (secondary N) is 2. The van der Waals surface area contributed by atoms with Crippen LogP contribution in [-0.4, -0.2) is 19.0 Å². The Morgan fingerprint density at radius 3 is 2.56 bits per heavy atom. The van der Waals surface area contributed by atoms with E-state index in [4.69, 9.17) is 0 Å². The standard InChI is InChI=1S/C15H24N2O/c1-3-5-11-14(13-9-7-6-8-10-13)17-12-15(18)16-4-2/h6-10,14,17H,3-5,11-12H2,1-2H3,(H,16,18). The quantitative estimate of drug-likeness (QED) is 0.742. The maximum Gasteiger partial charge on any atom is 0.233 e. The Morgan fingerprint density at radius 1 is 1.22 bits per heavy atom. The predicted molar refractivity (Wildman–Crippen MR) is 75.4 cm³/mol. The molecule has 0 aliphatic carbocycles. The van der Waals surface area contributed by atoms with Gasteiger partial charge in [-0.2, -0.15) is 0 Å². The van der Waals surface area contributed by atoms with Gasteiger partial charge >= 0.3 is 0 Å². The molecule has 1 aromatic carbocycles. The van der Waals surface area contributed by atoms with Gasteiger partial charge in [-0.1, -0.05) is 50.1 Å². The first kappa shape index (κ1) is 14.7. The van der Waals surface area contributed by atoms with Gasteiger partial charge < -0.3 is 10.6 Å². The van der Waals surface area contributed by atoms with E-state index in [9.17, 15) is 4.79 Å². The van der Waals surface area contributed by atoms with E-state index in [0.29, 0.717) is 13.1 Å². The van der Waals surface area contributed by atoms with Gasteiger partial charge in [0.05, 0.1) is 6.54 Å². The normalized spacial score (nSPS) is 12.1. The van der Waals surface area contributed by atoms with Crippen LogP contribution in [0.1, 0.15) is 44.7 Å². The van der Waals surface area contributed by atoms with Crippen LogP contribution in [0.25, 0.3) is 0 Å². The van der Waals surface area contributed by atoms with Crippen molar-refractivity contribution in [2.75, 3.05) is 13.1 Å². The van der Waals surface area contributed by atoms with E-state index in [2.05, 4.69) is 29.7 Å². The Bertz CT molecular complexity index is 338. The molecule has 0 aromatic heterocycles. The van der Waals surface area contributed by atoms with Crippen molar-refractivity contribution >= 4 is 5.91 Å². The third kappa shape index (κ3) is 5.32.